The van der Waals surface area contributed by atoms with Gasteiger partial charge in [0.25, 0.3) is 0 Å². The van der Waals surface area contributed by atoms with Gasteiger partial charge in [0.15, 0.2) is 0 Å². The molecule has 7 rings (SSSR count). The van der Waals surface area contributed by atoms with Crippen molar-refractivity contribution in [2.75, 3.05) is 0 Å². The highest BCUT2D eigenvalue weighted by atomic mass is 35.5. The van der Waals surface area contributed by atoms with Crippen LogP contribution in [0.4, 0.5) is 0 Å². The van der Waals surface area contributed by atoms with E-state index in [0.717, 1.165) is 32.6 Å². The maximum atomic E-state index is 6.39. The highest BCUT2D eigenvalue weighted by Gasteiger charge is 2.19. The molecule has 0 unspecified atom stereocenters. The van der Waals surface area contributed by atoms with Gasteiger partial charge in [-0.05, 0) is 35.7 Å². The zero-order valence-electron chi connectivity index (χ0n) is 14.2. The number of hydrogen-bond acceptors (Lipinski definition) is 1. The smallest absolute Gasteiger partial charge is 0.137 e. The second-order valence-corrected chi connectivity index (χ2v) is 7.57. The van der Waals surface area contributed by atoms with Crippen molar-refractivity contribution in [3.05, 3.63) is 77.8 Å². The summed E-state index contributed by atoms with van der Waals surface area (Å²) in [7, 11) is 0. The fraction of sp³-hybridized carbons (Fsp3) is 0. The van der Waals surface area contributed by atoms with E-state index < -0.39 is 0 Å². The van der Waals surface area contributed by atoms with Gasteiger partial charge in [0.1, 0.15) is 11.2 Å². The number of furan rings is 1. The summed E-state index contributed by atoms with van der Waals surface area (Å²) in [4.78, 5) is 0. The number of rotatable bonds is 0. The number of benzene rings is 4. The van der Waals surface area contributed by atoms with Crippen molar-refractivity contribution in [3.8, 4) is 0 Å². The summed E-state index contributed by atoms with van der Waals surface area (Å²) >= 11 is 6.39. The van der Waals surface area contributed by atoms with Gasteiger partial charge in [0, 0.05) is 26.6 Å². The lowest BCUT2D eigenvalue weighted by Crippen LogP contribution is -1.84. The topological polar surface area (TPSA) is 17.6 Å². The Balaban J connectivity index is 2.04. The maximum absolute atomic E-state index is 6.39. The van der Waals surface area contributed by atoms with Gasteiger partial charge in [0.05, 0.1) is 21.9 Å². The summed E-state index contributed by atoms with van der Waals surface area (Å²) in [5, 5.41) is 8.01. The fourth-order valence-corrected chi connectivity index (χ4v) is 4.93. The number of nitrogens with zero attached hydrogens (tertiary/aromatic N) is 1. The molecule has 0 aliphatic rings. The summed E-state index contributed by atoms with van der Waals surface area (Å²) in [5.41, 5.74) is 5.34. The lowest BCUT2D eigenvalue weighted by molar-refractivity contribution is 0.669. The van der Waals surface area contributed by atoms with E-state index >= 15 is 0 Å². The first-order valence-corrected chi connectivity index (χ1v) is 9.37. The molecule has 0 saturated carbocycles. The summed E-state index contributed by atoms with van der Waals surface area (Å²) in [6.45, 7) is 0. The third-order valence-corrected chi connectivity index (χ3v) is 6.02. The molecule has 0 N–H and O–H groups in total. The van der Waals surface area contributed by atoms with Crippen molar-refractivity contribution in [1.82, 2.24) is 4.40 Å². The van der Waals surface area contributed by atoms with E-state index in [0.29, 0.717) is 0 Å². The Hall–Kier alpha value is -3.23. The summed E-state index contributed by atoms with van der Waals surface area (Å²) < 4.78 is 8.54. The average Bonchev–Trinajstić information content (AvgIpc) is 3.18. The van der Waals surface area contributed by atoms with Gasteiger partial charge in [-0.15, -0.1) is 0 Å². The first-order valence-electron chi connectivity index (χ1n) is 8.99. The van der Waals surface area contributed by atoms with Crippen LogP contribution in [0.15, 0.2) is 77.2 Å². The molecule has 0 amide bonds. The van der Waals surface area contributed by atoms with Crippen LogP contribution in [0, 0.1) is 0 Å². The molecule has 0 bridgehead atoms. The minimum Gasteiger partial charge on any atom is -0.456 e. The molecule has 0 saturated heterocycles. The molecule has 27 heavy (non-hydrogen) atoms. The Morgan fingerprint density at radius 3 is 2.22 bits per heavy atom. The molecule has 0 fully saturated rings. The molecule has 3 heterocycles. The van der Waals surface area contributed by atoms with E-state index in [4.69, 9.17) is 16.0 Å². The number of para-hydroxylation sites is 1. The van der Waals surface area contributed by atoms with Crippen LogP contribution in [0.3, 0.4) is 0 Å². The molecule has 2 nitrogen and oxygen atoms in total. The van der Waals surface area contributed by atoms with E-state index in [9.17, 15) is 0 Å². The molecule has 7 aromatic rings. The Morgan fingerprint density at radius 1 is 0.630 bits per heavy atom. The van der Waals surface area contributed by atoms with E-state index in [1.807, 2.05) is 6.07 Å². The van der Waals surface area contributed by atoms with Crippen LogP contribution in [0.25, 0.3) is 60.0 Å². The molecule has 0 atom stereocenters. The van der Waals surface area contributed by atoms with Crippen LogP contribution in [0.2, 0.25) is 5.02 Å². The fourth-order valence-electron chi connectivity index (χ4n) is 4.77. The summed E-state index contributed by atoms with van der Waals surface area (Å²) in [6.07, 6.45) is 0. The second kappa shape index (κ2) is 4.54. The van der Waals surface area contributed by atoms with Gasteiger partial charge >= 0.3 is 0 Å². The Morgan fingerprint density at radius 2 is 1.33 bits per heavy atom. The van der Waals surface area contributed by atoms with Crippen LogP contribution < -0.4 is 0 Å². The first-order chi connectivity index (χ1) is 13.3. The van der Waals surface area contributed by atoms with Crippen LogP contribution >= 0.6 is 11.6 Å². The van der Waals surface area contributed by atoms with Gasteiger partial charge in [-0.1, -0.05) is 54.1 Å². The zero-order chi connectivity index (χ0) is 17.7. The van der Waals surface area contributed by atoms with Crippen molar-refractivity contribution in [2.45, 2.75) is 0 Å². The number of fused-ring (bicyclic) bond motifs is 5. The molecular formula is C24H12ClNO. The molecule has 126 valence electrons. The van der Waals surface area contributed by atoms with Crippen LogP contribution in [-0.2, 0) is 0 Å². The molecule has 0 radical (unpaired) electrons. The van der Waals surface area contributed by atoms with Gasteiger partial charge in [-0.2, -0.15) is 0 Å². The van der Waals surface area contributed by atoms with Crippen LogP contribution in [0.5, 0.6) is 0 Å². The van der Waals surface area contributed by atoms with Gasteiger partial charge < -0.3 is 8.82 Å². The van der Waals surface area contributed by atoms with Crippen LogP contribution in [-0.4, -0.2) is 4.40 Å². The predicted octanol–water partition coefficient (Wildman–Crippen LogP) is 7.39. The molecule has 4 aromatic carbocycles. The van der Waals surface area contributed by atoms with E-state index in [2.05, 4.69) is 71.1 Å². The van der Waals surface area contributed by atoms with Crippen molar-refractivity contribution in [2.24, 2.45) is 0 Å². The highest BCUT2D eigenvalue weighted by Crippen LogP contribution is 2.43. The van der Waals surface area contributed by atoms with E-state index in [1.165, 1.54) is 32.4 Å². The Bertz CT molecular complexity index is 1690. The monoisotopic (exact) mass is 365 g/mol. The second-order valence-electron chi connectivity index (χ2n) is 7.13. The zero-order valence-corrected chi connectivity index (χ0v) is 14.9. The van der Waals surface area contributed by atoms with Crippen molar-refractivity contribution < 1.29 is 4.42 Å². The number of aromatic nitrogens is 1. The lowest BCUT2D eigenvalue weighted by Gasteiger charge is -2.01. The largest absolute Gasteiger partial charge is 0.456 e. The third-order valence-electron chi connectivity index (χ3n) is 5.78. The molecule has 0 aliphatic heterocycles. The lowest BCUT2D eigenvalue weighted by atomic mass is 10.0. The van der Waals surface area contributed by atoms with Gasteiger partial charge in [-0.3, -0.25) is 0 Å². The summed E-state index contributed by atoms with van der Waals surface area (Å²) in [6, 6.07) is 25.3. The SMILES string of the molecule is Clc1ccc2c3cccc4c5cccc6oc7cccc(c7c65)n(c2c1)c43. The Labute approximate surface area is 158 Å². The predicted molar refractivity (Wildman–Crippen MR) is 113 cm³/mol. The Kier molecular flexibility index (Phi) is 2.34. The molecule has 0 spiro atoms. The highest BCUT2D eigenvalue weighted by molar-refractivity contribution is 6.33. The third kappa shape index (κ3) is 1.54. The van der Waals surface area contributed by atoms with E-state index in [1.54, 1.807) is 0 Å². The molecule has 3 heteroatoms. The number of halogens is 1. The molecular weight excluding hydrogens is 354 g/mol. The first kappa shape index (κ1) is 13.9. The van der Waals surface area contributed by atoms with Crippen molar-refractivity contribution in [1.29, 1.82) is 0 Å². The molecule has 0 aliphatic carbocycles. The molecule has 3 aromatic heterocycles. The minimum atomic E-state index is 0.745. The van der Waals surface area contributed by atoms with Crippen molar-refractivity contribution in [3.63, 3.8) is 0 Å². The average molecular weight is 366 g/mol. The van der Waals surface area contributed by atoms with Gasteiger partial charge in [0.2, 0.25) is 0 Å². The quantitative estimate of drug-likeness (QED) is 0.274. The summed E-state index contributed by atoms with van der Waals surface area (Å²) in [5.74, 6) is 0. The minimum absolute atomic E-state index is 0.745. The normalized spacial score (nSPS) is 12.6. The van der Waals surface area contributed by atoms with Gasteiger partial charge in [-0.25, -0.2) is 0 Å². The number of hydrogen-bond donors (Lipinski definition) is 0. The van der Waals surface area contributed by atoms with E-state index in [-0.39, 0.29) is 0 Å². The standard InChI is InChI=1S/C24H12ClNO/c25-13-10-11-14-16-5-1-6-17-15-4-2-8-20-22(15)23-18(7-3-9-21(23)27-20)26(24(16)17)19(14)12-13/h1-12H. The van der Waals surface area contributed by atoms with Crippen molar-refractivity contribution >= 4 is 71.6 Å². The van der Waals surface area contributed by atoms with Crippen LogP contribution in [0.1, 0.15) is 0 Å². The maximum Gasteiger partial charge on any atom is 0.137 e.